The first kappa shape index (κ1) is 12.2. The maximum atomic E-state index is 11.9. The number of amides is 1. The highest BCUT2D eigenvalue weighted by molar-refractivity contribution is 7.13. The Hall–Kier alpha value is -2.22. The van der Waals surface area contributed by atoms with Gasteiger partial charge in [0.1, 0.15) is 11.2 Å². The average Bonchev–Trinajstić information content (AvgIpc) is 2.84. The first-order valence-corrected chi connectivity index (χ1v) is 5.82. The number of pyridine rings is 1. The van der Waals surface area contributed by atoms with E-state index in [-0.39, 0.29) is 16.9 Å². The number of nitrogens with one attached hydrogen (secondary N) is 1. The molecule has 18 heavy (non-hydrogen) atoms. The molecule has 0 radical (unpaired) electrons. The van der Waals surface area contributed by atoms with Gasteiger partial charge in [-0.05, 0) is 0 Å². The first-order chi connectivity index (χ1) is 8.61. The van der Waals surface area contributed by atoms with E-state index in [0.717, 1.165) is 0 Å². The van der Waals surface area contributed by atoms with Gasteiger partial charge in [0, 0.05) is 13.1 Å². The Balaban J connectivity index is 2.31. The highest BCUT2D eigenvalue weighted by Gasteiger charge is 2.13. The summed E-state index contributed by atoms with van der Waals surface area (Å²) in [5.41, 5.74) is 1.37. The number of hydrogen-bond donors (Lipinski definition) is 1. The van der Waals surface area contributed by atoms with Crippen LogP contribution in [0.4, 0.5) is 5.13 Å². The minimum absolute atomic E-state index is 0.185. The highest BCUT2D eigenvalue weighted by atomic mass is 32.1. The van der Waals surface area contributed by atoms with Crippen LogP contribution in [0.15, 0.2) is 22.6 Å². The summed E-state index contributed by atoms with van der Waals surface area (Å²) < 4.78 is 6.39. The third kappa shape index (κ3) is 2.38. The molecule has 2 rings (SSSR count). The summed E-state index contributed by atoms with van der Waals surface area (Å²) in [6, 6.07) is 1.22. The smallest absolute Gasteiger partial charge is 0.274 e. The van der Waals surface area contributed by atoms with Crippen LogP contribution in [0.1, 0.15) is 10.5 Å². The summed E-state index contributed by atoms with van der Waals surface area (Å²) in [6.07, 6.45) is 1.46. The van der Waals surface area contributed by atoms with Crippen LogP contribution >= 0.6 is 11.3 Å². The largest absolute Gasteiger partial charge is 0.491 e. The normalized spacial score (nSPS) is 10.1. The van der Waals surface area contributed by atoms with Crippen molar-refractivity contribution in [2.45, 2.75) is 0 Å². The number of hydrogen-bond acceptors (Lipinski definition) is 6. The maximum Gasteiger partial charge on any atom is 0.274 e. The van der Waals surface area contributed by atoms with Gasteiger partial charge in [-0.3, -0.25) is 14.9 Å². The Morgan fingerprint density at radius 1 is 1.56 bits per heavy atom. The van der Waals surface area contributed by atoms with E-state index in [0.29, 0.717) is 5.13 Å². The fraction of sp³-hybridized carbons (Fsp3) is 0.200. The second kappa shape index (κ2) is 4.96. The molecule has 1 N–H and O–H groups in total. The van der Waals surface area contributed by atoms with Crippen molar-refractivity contribution in [1.82, 2.24) is 14.8 Å². The second-order valence-electron chi connectivity index (χ2n) is 3.40. The Bertz CT molecular complexity index is 621. The van der Waals surface area contributed by atoms with E-state index in [1.165, 1.54) is 40.8 Å². The molecule has 0 saturated heterocycles. The molecular formula is C10H10N4O3S. The van der Waals surface area contributed by atoms with Crippen LogP contribution in [0.3, 0.4) is 0 Å². The van der Waals surface area contributed by atoms with Crippen molar-refractivity contribution in [3.8, 4) is 5.75 Å². The van der Waals surface area contributed by atoms with Gasteiger partial charge in [0.05, 0.1) is 13.3 Å². The molecule has 0 unspecified atom stereocenters. The standard InChI is InChI=1S/C10H10N4O3S/c1-14-4-8(17-2)7(15)3-6(14)9(16)12-10-13-11-5-18-10/h3-5H,1-2H3,(H,12,13,16). The Morgan fingerprint density at radius 2 is 2.33 bits per heavy atom. The van der Waals surface area contributed by atoms with Crippen LogP contribution in [-0.4, -0.2) is 27.8 Å². The van der Waals surface area contributed by atoms with Crippen molar-refractivity contribution in [3.63, 3.8) is 0 Å². The van der Waals surface area contributed by atoms with Crippen molar-refractivity contribution >= 4 is 22.4 Å². The fourth-order valence-corrected chi connectivity index (χ4v) is 1.81. The number of rotatable bonds is 3. The molecule has 2 aromatic rings. The molecule has 0 aliphatic carbocycles. The Kier molecular flexibility index (Phi) is 3.38. The molecule has 0 bridgehead atoms. The zero-order valence-corrected chi connectivity index (χ0v) is 10.5. The summed E-state index contributed by atoms with van der Waals surface area (Å²) in [7, 11) is 3.05. The predicted octanol–water partition coefficient (Wildman–Crippen LogP) is 0.498. The lowest BCUT2D eigenvalue weighted by Gasteiger charge is -2.09. The van der Waals surface area contributed by atoms with Crippen LogP contribution in [0.25, 0.3) is 0 Å². The molecule has 0 aliphatic rings. The zero-order valence-electron chi connectivity index (χ0n) is 9.71. The molecule has 8 heteroatoms. The molecule has 0 aliphatic heterocycles. The van der Waals surface area contributed by atoms with Gasteiger partial charge in [0.15, 0.2) is 5.75 Å². The monoisotopic (exact) mass is 266 g/mol. The molecule has 0 fully saturated rings. The van der Waals surface area contributed by atoms with Gasteiger partial charge >= 0.3 is 0 Å². The van der Waals surface area contributed by atoms with E-state index >= 15 is 0 Å². The van der Waals surface area contributed by atoms with E-state index in [1.54, 1.807) is 7.05 Å². The number of methoxy groups -OCH3 is 1. The molecule has 0 spiro atoms. The molecular weight excluding hydrogens is 256 g/mol. The maximum absolute atomic E-state index is 11.9. The second-order valence-corrected chi connectivity index (χ2v) is 4.23. The SMILES string of the molecule is COc1cn(C)c(C(=O)Nc2nncs2)cc1=O. The average molecular weight is 266 g/mol. The van der Waals surface area contributed by atoms with Crippen molar-refractivity contribution in [2.24, 2.45) is 7.05 Å². The molecule has 2 heterocycles. The number of ether oxygens (including phenoxy) is 1. The van der Waals surface area contributed by atoms with Gasteiger partial charge in [-0.1, -0.05) is 11.3 Å². The number of aromatic nitrogens is 3. The van der Waals surface area contributed by atoms with E-state index in [9.17, 15) is 9.59 Å². The van der Waals surface area contributed by atoms with Gasteiger partial charge in [0.2, 0.25) is 10.6 Å². The van der Waals surface area contributed by atoms with E-state index < -0.39 is 5.91 Å². The lowest BCUT2D eigenvalue weighted by Crippen LogP contribution is -2.21. The quantitative estimate of drug-likeness (QED) is 0.874. The minimum atomic E-state index is -0.422. The summed E-state index contributed by atoms with van der Waals surface area (Å²) in [4.78, 5) is 23.5. The van der Waals surface area contributed by atoms with Crippen molar-refractivity contribution in [2.75, 3.05) is 12.4 Å². The molecule has 7 nitrogen and oxygen atoms in total. The van der Waals surface area contributed by atoms with Crippen LogP contribution in [-0.2, 0) is 7.05 Å². The number of anilines is 1. The molecule has 0 aromatic carbocycles. The lowest BCUT2D eigenvalue weighted by atomic mass is 10.3. The topological polar surface area (TPSA) is 86.1 Å². The summed E-state index contributed by atoms with van der Waals surface area (Å²) in [5, 5.41) is 10.2. The fourth-order valence-electron chi connectivity index (χ4n) is 1.37. The summed E-state index contributed by atoms with van der Waals surface area (Å²) >= 11 is 1.20. The van der Waals surface area contributed by atoms with Crippen LogP contribution < -0.4 is 15.5 Å². The van der Waals surface area contributed by atoms with Crippen LogP contribution in [0, 0.1) is 0 Å². The van der Waals surface area contributed by atoms with Gasteiger partial charge in [-0.15, -0.1) is 10.2 Å². The van der Waals surface area contributed by atoms with Crippen molar-refractivity contribution in [3.05, 3.63) is 33.7 Å². The zero-order chi connectivity index (χ0) is 13.1. The molecule has 1 amide bonds. The number of nitrogens with zero attached hydrogens (tertiary/aromatic N) is 3. The van der Waals surface area contributed by atoms with Crippen molar-refractivity contribution in [1.29, 1.82) is 0 Å². The van der Waals surface area contributed by atoms with Crippen molar-refractivity contribution < 1.29 is 9.53 Å². The number of aryl methyl sites for hydroxylation is 1. The van der Waals surface area contributed by atoms with E-state index in [1.807, 2.05) is 0 Å². The van der Waals surface area contributed by atoms with Gasteiger partial charge in [-0.2, -0.15) is 0 Å². The number of carbonyl (C=O) groups is 1. The summed E-state index contributed by atoms with van der Waals surface area (Å²) in [5.74, 6) is -0.237. The van der Waals surface area contributed by atoms with Crippen LogP contribution in [0.2, 0.25) is 0 Å². The lowest BCUT2D eigenvalue weighted by molar-refractivity contribution is 0.101. The van der Waals surface area contributed by atoms with E-state index in [4.69, 9.17) is 4.74 Å². The Labute approximate surface area is 106 Å². The molecule has 0 saturated carbocycles. The molecule has 2 aromatic heterocycles. The molecule has 0 atom stereocenters. The highest BCUT2D eigenvalue weighted by Crippen LogP contribution is 2.11. The third-order valence-corrected chi connectivity index (χ3v) is 2.84. The Morgan fingerprint density at radius 3 is 2.94 bits per heavy atom. The van der Waals surface area contributed by atoms with Gasteiger partial charge < -0.3 is 9.30 Å². The number of carbonyl (C=O) groups excluding carboxylic acids is 1. The first-order valence-electron chi connectivity index (χ1n) is 4.94. The predicted molar refractivity (Wildman–Crippen MR) is 66.1 cm³/mol. The summed E-state index contributed by atoms with van der Waals surface area (Å²) in [6.45, 7) is 0. The van der Waals surface area contributed by atoms with Gasteiger partial charge in [0.25, 0.3) is 5.91 Å². The van der Waals surface area contributed by atoms with Gasteiger partial charge in [-0.25, -0.2) is 0 Å². The third-order valence-electron chi connectivity index (χ3n) is 2.23. The van der Waals surface area contributed by atoms with E-state index in [2.05, 4.69) is 15.5 Å². The minimum Gasteiger partial charge on any atom is -0.491 e. The van der Waals surface area contributed by atoms with Crippen LogP contribution in [0.5, 0.6) is 5.75 Å². The molecule has 94 valence electrons.